The molecule has 3 aliphatic heterocycles. The van der Waals surface area contributed by atoms with E-state index in [2.05, 4.69) is 10.3 Å². The Kier molecular flexibility index (Phi) is 4.54. The van der Waals surface area contributed by atoms with Crippen LogP contribution < -0.4 is 10.2 Å². The summed E-state index contributed by atoms with van der Waals surface area (Å²) in [6.45, 7) is 1.93. The zero-order chi connectivity index (χ0) is 23.2. The minimum Gasteiger partial charge on any atom is -0.381 e. The van der Waals surface area contributed by atoms with Gasteiger partial charge in [0, 0.05) is 43.5 Å². The van der Waals surface area contributed by atoms with Crippen LogP contribution in [0.3, 0.4) is 0 Å². The maximum absolute atomic E-state index is 12.6. The van der Waals surface area contributed by atoms with E-state index in [1.165, 1.54) is 0 Å². The first-order valence-corrected chi connectivity index (χ1v) is 11.8. The van der Waals surface area contributed by atoms with Gasteiger partial charge >= 0.3 is 0 Å². The largest absolute Gasteiger partial charge is 0.381 e. The summed E-state index contributed by atoms with van der Waals surface area (Å²) in [5.41, 5.74) is 0.505. The molecule has 160 valence electrons. The number of nitrogens with one attached hydrogen (secondary N) is 1. The Hall–Kier alpha value is -1.74. The molecule has 0 radical (unpaired) electrons. The van der Waals surface area contributed by atoms with Gasteiger partial charge in [-0.2, -0.15) is 4.98 Å². The Bertz CT molecular complexity index is 1060. The third-order valence-electron chi connectivity index (χ3n) is 5.98. The van der Waals surface area contributed by atoms with Gasteiger partial charge in [-0.1, -0.05) is 23.7 Å². The van der Waals surface area contributed by atoms with Crippen LogP contribution in [0.2, 0.25) is 5.02 Å². The third-order valence-corrected chi connectivity index (χ3v) is 7.69. The van der Waals surface area contributed by atoms with E-state index < -0.39 is 23.4 Å². The Labute approximate surface area is 187 Å². The molecule has 2 fully saturated rings. The number of ether oxygens (including phenoxy) is 2. The smallest absolute Gasteiger partial charge is 0.227 e. The highest BCUT2D eigenvalue weighted by atomic mass is 35.5. The number of benzene rings is 1. The van der Waals surface area contributed by atoms with Crippen molar-refractivity contribution in [3.05, 3.63) is 40.5 Å². The Morgan fingerprint density at radius 1 is 1.30 bits per heavy atom. The van der Waals surface area contributed by atoms with Gasteiger partial charge < -0.3 is 19.7 Å². The van der Waals surface area contributed by atoms with E-state index in [1.54, 1.807) is 24.3 Å². The molecule has 30 heavy (non-hydrogen) atoms. The first kappa shape index (κ1) is 16.9. The summed E-state index contributed by atoms with van der Waals surface area (Å²) in [6.07, 6.45) is 2.34. The van der Waals surface area contributed by atoms with Crippen LogP contribution in [-0.2, 0) is 32.3 Å². The molecule has 1 N–H and O–H groups in total. The number of fused-ring (bicyclic) bond motifs is 1. The molecule has 0 saturated carbocycles. The number of halogens is 1. The molecule has 1 aromatic carbocycles. The van der Waals surface area contributed by atoms with Crippen LogP contribution in [0.1, 0.15) is 28.2 Å². The molecule has 0 amide bonds. The molecule has 2 aromatic rings. The number of rotatable bonds is 5. The average molecular weight is 452 g/mol. The second-order valence-electron chi connectivity index (χ2n) is 7.94. The van der Waals surface area contributed by atoms with Crippen molar-refractivity contribution in [2.75, 3.05) is 49.3 Å². The maximum Gasteiger partial charge on any atom is 0.227 e. The fourth-order valence-electron chi connectivity index (χ4n) is 4.23. The zero-order valence-corrected chi connectivity index (χ0v) is 18.0. The van der Waals surface area contributed by atoms with Crippen molar-refractivity contribution in [1.82, 2.24) is 9.97 Å². The quantitative estimate of drug-likeness (QED) is 0.748. The van der Waals surface area contributed by atoms with Gasteiger partial charge in [0.05, 0.1) is 33.7 Å². The van der Waals surface area contributed by atoms with Crippen LogP contribution in [0, 0.1) is 0 Å². The summed E-state index contributed by atoms with van der Waals surface area (Å²) in [7, 11) is -3.69. The SMILES string of the molecule is [2H]C([2H])([2H])OC1(c2ccc(Cl)cc2)CN(c2nc3c(c(NC4CCOCC4)n2)S(=O)CC3)C1. The summed E-state index contributed by atoms with van der Waals surface area (Å²) in [4.78, 5) is 12.0. The monoisotopic (exact) mass is 451 g/mol. The van der Waals surface area contributed by atoms with E-state index >= 15 is 0 Å². The second-order valence-corrected chi connectivity index (χ2v) is 9.88. The molecule has 0 bridgehead atoms. The van der Waals surface area contributed by atoms with Gasteiger partial charge in [-0.3, -0.25) is 4.21 Å². The molecular formula is C21H25ClN4O3S. The van der Waals surface area contributed by atoms with Gasteiger partial charge in [0.25, 0.3) is 0 Å². The van der Waals surface area contributed by atoms with Crippen LogP contribution in [0.25, 0.3) is 0 Å². The number of aryl methyl sites for hydroxylation is 1. The normalized spacial score (nSPS) is 25.0. The summed E-state index contributed by atoms with van der Waals surface area (Å²) in [5.74, 6) is 1.63. The van der Waals surface area contributed by atoms with Crippen molar-refractivity contribution in [2.24, 2.45) is 0 Å². The summed E-state index contributed by atoms with van der Waals surface area (Å²) in [6, 6.07) is 7.22. The Morgan fingerprint density at radius 2 is 2.07 bits per heavy atom. The highest BCUT2D eigenvalue weighted by Crippen LogP contribution is 2.39. The molecular weight excluding hydrogens is 424 g/mol. The average Bonchev–Trinajstić information content (AvgIpc) is 3.12. The van der Waals surface area contributed by atoms with Gasteiger partial charge in [-0.05, 0) is 30.5 Å². The van der Waals surface area contributed by atoms with Crippen LogP contribution in [-0.4, -0.2) is 59.3 Å². The van der Waals surface area contributed by atoms with Crippen LogP contribution in [0.15, 0.2) is 29.2 Å². The number of hydrogen-bond donors (Lipinski definition) is 1. The van der Waals surface area contributed by atoms with E-state index in [-0.39, 0.29) is 19.1 Å². The molecule has 5 rings (SSSR count). The lowest BCUT2D eigenvalue weighted by atomic mass is 9.86. The van der Waals surface area contributed by atoms with Crippen molar-refractivity contribution in [2.45, 2.75) is 35.8 Å². The van der Waals surface area contributed by atoms with Crippen LogP contribution in [0.4, 0.5) is 11.8 Å². The molecule has 4 heterocycles. The summed E-state index contributed by atoms with van der Waals surface area (Å²) >= 11 is 6.02. The molecule has 2 saturated heterocycles. The topological polar surface area (TPSA) is 76.6 Å². The van der Waals surface area contributed by atoms with Gasteiger partial charge in [-0.25, -0.2) is 4.98 Å². The highest BCUT2D eigenvalue weighted by Gasteiger charge is 2.46. The van der Waals surface area contributed by atoms with Gasteiger partial charge in [0.1, 0.15) is 16.3 Å². The number of nitrogens with zero attached hydrogens (tertiary/aromatic N) is 3. The van der Waals surface area contributed by atoms with Crippen molar-refractivity contribution >= 4 is 34.2 Å². The predicted molar refractivity (Wildman–Crippen MR) is 117 cm³/mol. The van der Waals surface area contributed by atoms with Gasteiger partial charge in [0.15, 0.2) is 0 Å². The Balaban J connectivity index is 1.43. The van der Waals surface area contributed by atoms with E-state index in [0.29, 0.717) is 47.1 Å². The molecule has 0 aliphatic carbocycles. The molecule has 7 nitrogen and oxygen atoms in total. The first-order valence-electron chi connectivity index (χ1n) is 11.6. The molecule has 9 heteroatoms. The van der Waals surface area contributed by atoms with Crippen molar-refractivity contribution in [3.63, 3.8) is 0 Å². The molecule has 3 aliphatic rings. The lowest BCUT2D eigenvalue weighted by Crippen LogP contribution is -2.61. The fourth-order valence-corrected chi connectivity index (χ4v) is 5.67. The molecule has 1 aromatic heterocycles. The number of anilines is 2. The minimum atomic E-state index is -2.56. The number of hydrogen-bond acceptors (Lipinski definition) is 7. The summed E-state index contributed by atoms with van der Waals surface area (Å²) in [5, 5.41) is 4.03. The number of methoxy groups -OCH3 is 1. The zero-order valence-electron chi connectivity index (χ0n) is 19.4. The van der Waals surface area contributed by atoms with Crippen molar-refractivity contribution in [1.29, 1.82) is 0 Å². The van der Waals surface area contributed by atoms with Crippen molar-refractivity contribution < 1.29 is 17.8 Å². The van der Waals surface area contributed by atoms with E-state index in [4.69, 9.17) is 30.2 Å². The first-order chi connectivity index (χ1) is 15.7. The molecule has 0 spiro atoms. The Morgan fingerprint density at radius 3 is 2.80 bits per heavy atom. The van der Waals surface area contributed by atoms with E-state index in [1.807, 2.05) is 4.90 Å². The lowest BCUT2D eigenvalue weighted by molar-refractivity contribution is -0.0390. The standard InChI is InChI=1S/C21H25ClN4O3S/c1-28-21(14-2-4-15(22)5-3-14)12-26(13-21)20-24-17-8-11-30(27)18(17)19(25-20)23-16-6-9-29-10-7-16/h2-5,16H,6-13H2,1H3,(H,23,24,25)/i1D3. The van der Waals surface area contributed by atoms with E-state index in [0.717, 1.165) is 24.1 Å². The lowest BCUT2D eigenvalue weighted by Gasteiger charge is -2.49. The second kappa shape index (κ2) is 8.07. The van der Waals surface area contributed by atoms with Gasteiger partial charge in [-0.15, -0.1) is 0 Å². The van der Waals surface area contributed by atoms with Crippen LogP contribution >= 0.6 is 11.6 Å². The fraction of sp³-hybridized carbons (Fsp3) is 0.524. The third kappa shape index (κ3) is 3.60. The summed E-state index contributed by atoms with van der Waals surface area (Å²) < 4.78 is 46.7. The predicted octanol–water partition coefficient (Wildman–Crippen LogP) is 2.75. The number of aromatic nitrogens is 2. The van der Waals surface area contributed by atoms with E-state index in [9.17, 15) is 4.21 Å². The van der Waals surface area contributed by atoms with Crippen LogP contribution in [0.5, 0.6) is 0 Å². The highest BCUT2D eigenvalue weighted by molar-refractivity contribution is 7.85. The maximum atomic E-state index is 12.6. The van der Waals surface area contributed by atoms with Crippen molar-refractivity contribution in [3.8, 4) is 0 Å². The molecule has 1 unspecified atom stereocenters. The van der Waals surface area contributed by atoms with Gasteiger partial charge in [0.2, 0.25) is 5.95 Å². The minimum absolute atomic E-state index is 0.201. The molecule has 1 atom stereocenters.